The topological polar surface area (TPSA) is 40.6 Å². The van der Waals surface area contributed by atoms with Crippen molar-refractivity contribution in [3.63, 3.8) is 0 Å². The van der Waals surface area contributed by atoms with Crippen LogP contribution in [0.4, 0.5) is 17.6 Å². The maximum absolute atomic E-state index is 14.4. The molecule has 3 fully saturated rings. The fraction of sp³-hybridized carbons (Fsp3) is 0.895. The van der Waals surface area contributed by atoms with Crippen LogP contribution in [0.3, 0.4) is 0 Å². The van der Waals surface area contributed by atoms with Crippen molar-refractivity contribution in [2.75, 3.05) is 13.1 Å². The summed E-state index contributed by atoms with van der Waals surface area (Å²) in [6.45, 7) is 1.74. The third kappa shape index (κ3) is 4.57. The zero-order valence-electron chi connectivity index (χ0n) is 15.9. The maximum atomic E-state index is 14.4. The highest BCUT2D eigenvalue weighted by Crippen LogP contribution is 2.40. The molecule has 2 aliphatic carbocycles. The van der Waals surface area contributed by atoms with Gasteiger partial charge in [-0.3, -0.25) is 9.59 Å². The van der Waals surface area contributed by atoms with E-state index in [0.717, 1.165) is 0 Å². The molecule has 1 heterocycles. The van der Waals surface area contributed by atoms with Gasteiger partial charge in [0.05, 0.1) is 12.0 Å². The van der Waals surface area contributed by atoms with Crippen molar-refractivity contribution in [3.05, 3.63) is 0 Å². The quantitative estimate of drug-likeness (QED) is 0.507. The van der Waals surface area contributed by atoms with Gasteiger partial charge in [-0.2, -0.15) is 13.2 Å². The van der Waals surface area contributed by atoms with Crippen LogP contribution in [0.25, 0.3) is 0 Å². The van der Waals surface area contributed by atoms with E-state index in [0.29, 0.717) is 25.7 Å². The Morgan fingerprint density at radius 1 is 1.07 bits per heavy atom. The van der Waals surface area contributed by atoms with Crippen LogP contribution in [0.15, 0.2) is 0 Å². The number of rotatable bonds is 3. The predicted octanol–water partition coefficient (Wildman–Crippen LogP) is 3.91. The van der Waals surface area contributed by atoms with Gasteiger partial charge in [-0.1, -0.05) is 0 Å². The van der Waals surface area contributed by atoms with Gasteiger partial charge in [0.2, 0.25) is 11.8 Å². The molecule has 0 spiro atoms. The number of nitrogens with zero attached hydrogens (tertiary/aromatic N) is 2. The molecule has 3 rings (SSSR count). The van der Waals surface area contributed by atoms with E-state index in [4.69, 9.17) is 11.6 Å². The van der Waals surface area contributed by atoms with Crippen LogP contribution >= 0.6 is 11.6 Å². The fourth-order valence-electron chi connectivity index (χ4n) is 4.80. The largest absolute Gasteiger partial charge is 0.391 e. The minimum absolute atomic E-state index is 0.0371. The van der Waals surface area contributed by atoms with Crippen LogP contribution in [0, 0.1) is 11.8 Å². The van der Waals surface area contributed by atoms with Gasteiger partial charge in [0.15, 0.2) is 0 Å². The molecule has 0 bridgehead atoms. The number of amides is 2. The van der Waals surface area contributed by atoms with Crippen LogP contribution in [0.1, 0.15) is 51.9 Å². The van der Waals surface area contributed by atoms with Crippen molar-refractivity contribution in [1.82, 2.24) is 9.80 Å². The van der Waals surface area contributed by atoms with Crippen molar-refractivity contribution < 1.29 is 27.2 Å². The Hall–Kier alpha value is -1.05. The molecule has 2 amide bonds. The van der Waals surface area contributed by atoms with E-state index >= 15 is 0 Å². The number of hydrogen-bond acceptors (Lipinski definition) is 2. The first-order valence-corrected chi connectivity index (χ1v) is 10.5. The van der Waals surface area contributed by atoms with Crippen molar-refractivity contribution in [2.45, 2.75) is 81.7 Å². The molecule has 4 nitrogen and oxygen atoms in total. The summed E-state index contributed by atoms with van der Waals surface area (Å²) >= 11 is 5.99. The Bertz CT molecular complexity index is 595. The lowest BCUT2D eigenvalue weighted by Crippen LogP contribution is -2.63. The first-order chi connectivity index (χ1) is 13.1. The van der Waals surface area contributed by atoms with Crippen LogP contribution in [-0.4, -0.2) is 64.5 Å². The Morgan fingerprint density at radius 3 is 2.29 bits per heavy atom. The molecule has 0 aromatic heterocycles. The lowest BCUT2D eigenvalue weighted by Gasteiger charge is -2.45. The normalized spacial score (nSPS) is 38.1. The van der Waals surface area contributed by atoms with Gasteiger partial charge >= 0.3 is 6.18 Å². The van der Waals surface area contributed by atoms with Gasteiger partial charge in [0, 0.05) is 11.9 Å². The minimum atomic E-state index is -4.17. The number of alkyl halides is 5. The first-order valence-electron chi connectivity index (χ1n) is 10.0. The minimum Gasteiger partial charge on any atom is -0.329 e. The molecular formula is C19H27ClF4N2O2. The van der Waals surface area contributed by atoms with Gasteiger partial charge in [-0.15, -0.1) is 11.6 Å². The molecule has 3 aliphatic rings. The van der Waals surface area contributed by atoms with Crippen molar-refractivity contribution >= 4 is 23.4 Å². The molecule has 0 N–H and O–H groups in total. The molecule has 3 unspecified atom stereocenters. The van der Waals surface area contributed by atoms with E-state index in [1.165, 1.54) is 9.80 Å². The average molecular weight is 427 g/mol. The molecule has 1 aliphatic heterocycles. The standard InChI is InChI=1S/C19H27ClF4N2O2/c1-11-18(28)26(16-7-6-14(20)8-15(16)21)10-17(27)25(11)9-12-2-4-13(5-3-12)19(22,23)24/h11-16H,2-10H2,1H3/t11-,12?,13?,14?,15?,16?/m1/s1. The second-order valence-corrected chi connectivity index (χ2v) is 9.06. The Morgan fingerprint density at radius 2 is 1.71 bits per heavy atom. The zero-order chi connectivity index (χ0) is 20.6. The number of hydrogen-bond donors (Lipinski definition) is 0. The third-order valence-electron chi connectivity index (χ3n) is 6.57. The number of carbonyl (C=O) groups excluding carboxylic acids is 2. The van der Waals surface area contributed by atoms with Crippen molar-refractivity contribution in [3.8, 4) is 0 Å². The van der Waals surface area contributed by atoms with Crippen LogP contribution in [0.2, 0.25) is 0 Å². The summed E-state index contributed by atoms with van der Waals surface area (Å²) in [5.41, 5.74) is 0. The van der Waals surface area contributed by atoms with Gasteiger partial charge in [0.1, 0.15) is 18.8 Å². The molecule has 28 heavy (non-hydrogen) atoms. The Labute approximate surface area is 167 Å². The molecule has 0 aromatic rings. The smallest absolute Gasteiger partial charge is 0.329 e. The second-order valence-electron chi connectivity index (χ2n) is 8.44. The maximum Gasteiger partial charge on any atom is 0.391 e. The number of piperazine rings is 1. The van der Waals surface area contributed by atoms with E-state index in [1.807, 2.05) is 0 Å². The first kappa shape index (κ1) is 21.7. The summed E-state index contributed by atoms with van der Waals surface area (Å²) in [4.78, 5) is 28.3. The molecule has 2 saturated carbocycles. The van der Waals surface area contributed by atoms with E-state index < -0.39 is 30.3 Å². The van der Waals surface area contributed by atoms with Gasteiger partial charge in [0.25, 0.3) is 0 Å². The monoisotopic (exact) mass is 426 g/mol. The highest BCUT2D eigenvalue weighted by Gasteiger charge is 2.45. The van der Waals surface area contributed by atoms with Crippen molar-refractivity contribution in [2.24, 2.45) is 11.8 Å². The molecule has 9 heteroatoms. The molecule has 0 aromatic carbocycles. The zero-order valence-corrected chi connectivity index (χ0v) is 16.7. The molecule has 1 saturated heterocycles. The van der Waals surface area contributed by atoms with E-state index in [-0.39, 0.29) is 55.5 Å². The van der Waals surface area contributed by atoms with Crippen LogP contribution < -0.4 is 0 Å². The summed E-state index contributed by atoms with van der Waals surface area (Å²) in [5, 5.41) is -0.248. The number of halogens is 5. The molecule has 0 radical (unpaired) electrons. The van der Waals surface area contributed by atoms with Crippen LogP contribution in [0.5, 0.6) is 0 Å². The van der Waals surface area contributed by atoms with Gasteiger partial charge < -0.3 is 9.80 Å². The summed E-state index contributed by atoms with van der Waals surface area (Å²) in [7, 11) is 0. The summed E-state index contributed by atoms with van der Waals surface area (Å²) in [5.74, 6) is -1.85. The summed E-state index contributed by atoms with van der Waals surface area (Å²) in [6, 6.07) is -1.35. The second kappa shape index (κ2) is 8.36. The van der Waals surface area contributed by atoms with Gasteiger partial charge in [-0.05, 0) is 57.8 Å². The predicted molar refractivity (Wildman–Crippen MR) is 96.6 cm³/mol. The molecule has 160 valence electrons. The van der Waals surface area contributed by atoms with E-state index in [9.17, 15) is 27.2 Å². The molecule has 4 atom stereocenters. The Balaban J connectivity index is 1.59. The van der Waals surface area contributed by atoms with Crippen LogP contribution in [-0.2, 0) is 9.59 Å². The van der Waals surface area contributed by atoms with E-state index in [1.54, 1.807) is 6.92 Å². The third-order valence-corrected chi connectivity index (χ3v) is 6.97. The SMILES string of the molecule is C[C@@H]1C(=O)N(C2CCC(Cl)CC2F)CC(=O)N1CC1CCC(C(F)(F)F)CC1. The number of carbonyl (C=O) groups is 2. The summed E-state index contributed by atoms with van der Waals surface area (Å²) < 4.78 is 52.9. The lowest BCUT2D eigenvalue weighted by molar-refractivity contribution is -0.184. The average Bonchev–Trinajstić information content (AvgIpc) is 2.62. The fourth-order valence-corrected chi connectivity index (χ4v) is 5.09. The van der Waals surface area contributed by atoms with Gasteiger partial charge in [-0.25, -0.2) is 4.39 Å². The molecular weight excluding hydrogens is 400 g/mol. The highest BCUT2D eigenvalue weighted by atomic mass is 35.5. The van der Waals surface area contributed by atoms with Crippen molar-refractivity contribution in [1.29, 1.82) is 0 Å². The Kier molecular flexibility index (Phi) is 6.47. The lowest BCUT2D eigenvalue weighted by atomic mass is 9.81. The highest BCUT2D eigenvalue weighted by molar-refractivity contribution is 6.20. The summed E-state index contributed by atoms with van der Waals surface area (Å²) in [6.07, 6.45) is -3.29. The van der Waals surface area contributed by atoms with E-state index in [2.05, 4.69) is 0 Å².